The van der Waals surface area contributed by atoms with Gasteiger partial charge in [0, 0.05) is 31.4 Å². The normalized spacial score (nSPS) is 15.7. The molecule has 5 heteroatoms. The van der Waals surface area contributed by atoms with E-state index in [4.69, 9.17) is 4.74 Å². The van der Waals surface area contributed by atoms with Gasteiger partial charge in [-0.2, -0.15) is 0 Å². The average molecular weight is 332 g/mol. The van der Waals surface area contributed by atoms with Crippen LogP contribution in [0.1, 0.15) is 32.3 Å². The fourth-order valence-electron chi connectivity index (χ4n) is 2.60. The molecule has 0 saturated carbocycles. The summed E-state index contributed by atoms with van der Waals surface area (Å²) < 4.78 is 5.36. The summed E-state index contributed by atoms with van der Waals surface area (Å²) in [6, 6.07) is 8.14. The molecule has 132 valence electrons. The number of hydrogen-bond donors (Lipinski definition) is 2. The molecule has 0 spiro atoms. The second kappa shape index (κ2) is 8.85. The standard InChI is InChI=1S/C19H28N2O3/c1-3-19(23,4-2)15-20-18(22)10-7-16-5-8-17(9-6-16)21-11-13-24-14-12-21/h5-10,23H,3-4,11-15H2,1-2H3,(H,20,22). The first-order chi connectivity index (χ1) is 11.6. The maximum absolute atomic E-state index is 11.9. The Morgan fingerprint density at radius 1 is 1.25 bits per heavy atom. The minimum Gasteiger partial charge on any atom is -0.388 e. The van der Waals surface area contributed by atoms with Gasteiger partial charge in [-0.25, -0.2) is 0 Å². The van der Waals surface area contributed by atoms with Gasteiger partial charge in [-0.1, -0.05) is 26.0 Å². The molecule has 0 aromatic heterocycles. The van der Waals surface area contributed by atoms with Crippen molar-refractivity contribution >= 4 is 17.7 Å². The van der Waals surface area contributed by atoms with Crippen LogP contribution in [0.15, 0.2) is 30.3 Å². The summed E-state index contributed by atoms with van der Waals surface area (Å²) in [5, 5.41) is 12.9. The number of benzene rings is 1. The van der Waals surface area contributed by atoms with Crippen LogP contribution in [-0.4, -0.2) is 49.5 Å². The SMILES string of the molecule is CCC(O)(CC)CNC(=O)C=Cc1ccc(N2CCOCC2)cc1. The molecule has 5 nitrogen and oxygen atoms in total. The highest BCUT2D eigenvalue weighted by molar-refractivity contribution is 5.91. The lowest BCUT2D eigenvalue weighted by atomic mass is 9.98. The number of anilines is 1. The van der Waals surface area contributed by atoms with Crippen LogP contribution in [0, 0.1) is 0 Å². The molecule has 1 saturated heterocycles. The number of amides is 1. The molecule has 1 heterocycles. The molecule has 1 fully saturated rings. The van der Waals surface area contributed by atoms with Crippen LogP contribution >= 0.6 is 0 Å². The van der Waals surface area contributed by atoms with Crippen LogP contribution in [0.5, 0.6) is 0 Å². The van der Waals surface area contributed by atoms with E-state index < -0.39 is 5.60 Å². The van der Waals surface area contributed by atoms with Gasteiger partial charge in [0.15, 0.2) is 0 Å². The lowest BCUT2D eigenvalue weighted by Crippen LogP contribution is -2.41. The molecular weight excluding hydrogens is 304 g/mol. The fourth-order valence-corrected chi connectivity index (χ4v) is 2.60. The Bertz CT molecular complexity index is 544. The van der Waals surface area contributed by atoms with Crippen molar-refractivity contribution in [2.75, 3.05) is 37.7 Å². The van der Waals surface area contributed by atoms with E-state index in [-0.39, 0.29) is 12.5 Å². The summed E-state index contributed by atoms with van der Waals surface area (Å²) in [6.07, 6.45) is 4.54. The highest BCUT2D eigenvalue weighted by Crippen LogP contribution is 2.17. The van der Waals surface area contributed by atoms with Gasteiger partial charge in [0.2, 0.25) is 5.91 Å². The predicted octanol–water partition coefficient (Wildman–Crippen LogP) is 2.20. The first-order valence-corrected chi connectivity index (χ1v) is 8.67. The Balaban J connectivity index is 1.86. The van der Waals surface area contributed by atoms with E-state index in [0.29, 0.717) is 12.8 Å². The zero-order chi connectivity index (χ0) is 17.4. The minimum absolute atomic E-state index is 0.187. The Kier molecular flexibility index (Phi) is 6.82. The lowest BCUT2D eigenvalue weighted by Gasteiger charge is -2.28. The predicted molar refractivity (Wildman–Crippen MR) is 97.0 cm³/mol. The molecule has 1 aromatic carbocycles. The van der Waals surface area contributed by atoms with Gasteiger partial charge in [0.05, 0.1) is 18.8 Å². The van der Waals surface area contributed by atoms with E-state index in [1.54, 1.807) is 6.08 Å². The smallest absolute Gasteiger partial charge is 0.244 e. The topological polar surface area (TPSA) is 61.8 Å². The maximum Gasteiger partial charge on any atom is 0.244 e. The number of rotatable bonds is 7. The van der Waals surface area contributed by atoms with Crippen molar-refractivity contribution in [3.8, 4) is 0 Å². The van der Waals surface area contributed by atoms with Gasteiger partial charge >= 0.3 is 0 Å². The van der Waals surface area contributed by atoms with Gasteiger partial charge in [-0.15, -0.1) is 0 Å². The molecule has 2 rings (SSSR count). The van der Waals surface area contributed by atoms with Crippen LogP contribution < -0.4 is 10.2 Å². The summed E-state index contributed by atoms with van der Waals surface area (Å²) in [5.74, 6) is -0.187. The summed E-state index contributed by atoms with van der Waals surface area (Å²) >= 11 is 0. The molecule has 2 N–H and O–H groups in total. The number of carbonyl (C=O) groups is 1. The minimum atomic E-state index is -0.816. The largest absolute Gasteiger partial charge is 0.388 e. The van der Waals surface area contributed by atoms with Crippen LogP contribution in [0.3, 0.4) is 0 Å². The summed E-state index contributed by atoms with van der Waals surface area (Å²) in [7, 11) is 0. The Morgan fingerprint density at radius 3 is 2.46 bits per heavy atom. The Hall–Kier alpha value is -1.85. The third-order valence-electron chi connectivity index (χ3n) is 4.60. The molecule has 0 aliphatic carbocycles. The van der Waals surface area contributed by atoms with E-state index in [0.717, 1.165) is 31.9 Å². The van der Waals surface area contributed by atoms with E-state index in [9.17, 15) is 9.90 Å². The van der Waals surface area contributed by atoms with Gasteiger partial charge < -0.3 is 20.1 Å². The van der Waals surface area contributed by atoms with Crippen LogP contribution in [0.25, 0.3) is 6.08 Å². The highest BCUT2D eigenvalue weighted by Gasteiger charge is 2.22. The molecule has 1 amide bonds. The van der Waals surface area contributed by atoms with E-state index in [2.05, 4.69) is 22.3 Å². The third kappa shape index (κ3) is 5.35. The zero-order valence-electron chi connectivity index (χ0n) is 14.6. The van der Waals surface area contributed by atoms with Crippen LogP contribution in [-0.2, 0) is 9.53 Å². The summed E-state index contributed by atoms with van der Waals surface area (Å²) in [5.41, 5.74) is 1.34. The monoisotopic (exact) mass is 332 g/mol. The zero-order valence-corrected chi connectivity index (χ0v) is 14.6. The van der Waals surface area contributed by atoms with Crippen LogP contribution in [0.4, 0.5) is 5.69 Å². The van der Waals surface area contributed by atoms with Gasteiger partial charge in [0.25, 0.3) is 0 Å². The van der Waals surface area contributed by atoms with Crippen LogP contribution in [0.2, 0.25) is 0 Å². The van der Waals surface area contributed by atoms with E-state index >= 15 is 0 Å². The van der Waals surface area contributed by atoms with Crippen molar-refractivity contribution in [3.63, 3.8) is 0 Å². The molecule has 0 bridgehead atoms. The second-order valence-electron chi connectivity index (χ2n) is 6.17. The first-order valence-electron chi connectivity index (χ1n) is 8.67. The van der Waals surface area contributed by atoms with Crippen molar-refractivity contribution in [1.82, 2.24) is 5.32 Å². The Morgan fingerprint density at radius 2 is 1.88 bits per heavy atom. The number of carbonyl (C=O) groups excluding carboxylic acids is 1. The van der Waals surface area contributed by atoms with Crippen molar-refractivity contribution < 1.29 is 14.6 Å². The Labute approximate surface area is 144 Å². The van der Waals surface area contributed by atoms with Crippen molar-refractivity contribution in [3.05, 3.63) is 35.9 Å². The summed E-state index contributed by atoms with van der Waals surface area (Å²) in [4.78, 5) is 14.2. The number of ether oxygens (including phenoxy) is 1. The molecule has 0 atom stereocenters. The van der Waals surface area contributed by atoms with Gasteiger partial charge in [0.1, 0.15) is 0 Å². The molecule has 1 aliphatic heterocycles. The second-order valence-corrected chi connectivity index (χ2v) is 6.17. The summed E-state index contributed by atoms with van der Waals surface area (Å²) in [6.45, 7) is 7.47. The molecule has 1 aliphatic rings. The maximum atomic E-state index is 11.9. The van der Waals surface area contributed by atoms with Crippen molar-refractivity contribution in [2.45, 2.75) is 32.3 Å². The van der Waals surface area contributed by atoms with Gasteiger partial charge in [-0.05, 0) is 36.6 Å². The van der Waals surface area contributed by atoms with E-state index in [1.165, 1.54) is 11.8 Å². The molecule has 1 aromatic rings. The highest BCUT2D eigenvalue weighted by atomic mass is 16.5. The third-order valence-corrected chi connectivity index (χ3v) is 4.60. The molecule has 24 heavy (non-hydrogen) atoms. The number of aliphatic hydroxyl groups is 1. The van der Waals surface area contributed by atoms with E-state index in [1.807, 2.05) is 26.0 Å². The van der Waals surface area contributed by atoms with Crippen molar-refractivity contribution in [1.29, 1.82) is 0 Å². The number of nitrogens with one attached hydrogen (secondary N) is 1. The number of hydrogen-bond acceptors (Lipinski definition) is 4. The number of nitrogens with zero attached hydrogens (tertiary/aromatic N) is 1. The molecule has 0 unspecified atom stereocenters. The van der Waals surface area contributed by atoms with Gasteiger partial charge in [-0.3, -0.25) is 4.79 Å². The molecular formula is C19H28N2O3. The average Bonchev–Trinajstić information content (AvgIpc) is 2.65. The molecule has 0 radical (unpaired) electrons. The lowest BCUT2D eigenvalue weighted by molar-refractivity contribution is -0.117. The fraction of sp³-hybridized carbons (Fsp3) is 0.526. The quantitative estimate of drug-likeness (QED) is 0.752. The van der Waals surface area contributed by atoms with Crippen molar-refractivity contribution in [2.24, 2.45) is 0 Å². The first kappa shape index (κ1) is 18.5. The number of morpholine rings is 1.